The van der Waals surface area contributed by atoms with Gasteiger partial charge < -0.3 is 0 Å². The lowest BCUT2D eigenvalue weighted by atomic mass is 11.8. The second-order valence-electron chi connectivity index (χ2n) is 1.76. The Balaban J connectivity index is 2.20. The van der Waals surface area contributed by atoms with E-state index in [2.05, 4.69) is 25.3 Å². The second-order valence-corrected chi connectivity index (χ2v) is 11.0. The Morgan fingerprint density at radius 1 is 1.08 bits per heavy atom. The first kappa shape index (κ1) is 12.5. The van der Waals surface area contributed by atoms with E-state index in [0.717, 1.165) is 10.2 Å². The van der Waals surface area contributed by atoms with Gasteiger partial charge in [0.1, 0.15) is 0 Å². The van der Waals surface area contributed by atoms with Crippen LogP contribution in [0, 0.1) is 0 Å². The Morgan fingerprint density at radius 2 is 1.58 bits per heavy atom. The highest BCUT2D eigenvalue weighted by molar-refractivity contribution is 8.47. The molecule has 0 spiro atoms. The summed E-state index contributed by atoms with van der Waals surface area (Å²) in [7, 11) is 0. The van der Waals surface area contributed by atoms with E-state index in [-0.39, 0.29) is 0 Å². The number of hydrogen-bond acceptors (Lipinski definition) is 7. The molecule has 1 heterocycles. The number of rotatable bonds is 4. The molecule has 7 heteroatoms. The zero-order valence-electron chi connectivity index (χ0n) is 6.21. The molecule has 0 amide bonds. The largest absolute Gasteiger partial charge is 0.168 e. The van der Waals surface area contributed by atoms with Gasteiger partial charge in [0.15, 0.2) is 0 Å². The summed E-state index contributed by atoms with van der Waals surface area (Å²) in [5.41, 5.74) is 0. The Morgan fingerprint density at radius 3 is 2.00 bits per heavy atom. The molecule has 0 radical (unpaired) electrons. The molecule has 0 aromatic carbocycles. The molecule has 1 rings (SSSR count). The molecular weight excluding hydrogens is 285 g/mol. The first-order valence-corrected chi connectivity index (χ1v) is 9.60. The first-order valence-electron chi connectivity index (χ1n) is 3.20. The summed E-state index contributed by atoms with van der Waals surface area (Å²) < 4.78 is 1.36. The van der Waals surface area contributed by atoms with Gasteiger partial charge in [-0.05, 0) is 0 Å². The van der Waals surface area contributed by atoms with E-state index >= 15 is 0 Å². The van der Waals surface area contributed by atoms with Gasteiger partial charge in [0.25, 0.3) is 0 Å². The lowest BCUT2D eigenvalue weighted by Crippen LogP contribution is -2.05. The molecule has 1 aliphatic rings. The lowest BCUT2D eigenvalue weighted by Gasteiger charge is -2.26. The van der Waals surface area contributed by atoms with Crippen molar-refractivity contribution >= 4 is 84.1 Å². The maximum Gasteiger partial charge on any atom is 0.0991 e. The molecule has 0 saturated carbocycles. The quantitative estimate of drug-likeness (QED) is 0.593. The van der Waals surface area contributed by atoms with Crippen LogP contribution >= 0.6 is 84.1 Å². The fourth-order valence-corrected chi connectivity index (χ4v) is 11.4. The number of thiol groups is 2. The van der Waals surface area contributed by atoms with Crippen LogP contribution in [0.25, 0.3) is 0 Å². The number of thioether (sulfide) groups is 5. The van der Waals surface area contributed by atoms with Crippen LogP contribution in [0.4, 0.5) is 0 Å². The summed E-state index contributed by atoms with van der Waals surface area (Å²) in [6.45, 7) is 0. The molecule has 0 aromatic rings. The second kappa shape index (κ2) is 7.70. The third kappa shape index (κ3) is 4.79. The molecule has 0 nitrogen and oxygen atoms in total. The fourth-order valence-electron chi connectivity index (χ4n) is 0.616. The van der Waals surface area contributed by atoms with Crippen LogP contribution in [0.15, 0.2) is 0 Å². The zero-order chi connectivity index (χ0) is 8.81. The summed E-state index contributed by atoms with van der Waals surface area (Å²) in [4.78, 5) is 0. The van der Waals surface area contributed by atoms with Crippen LogP contribution in [-0.4, -0.2) is 23.1 Å². The van der Waals surface area contributed by atoms with Gasteiger partial charge in [-0.15, -0.1) is 58.8 Å². The molecule has 0 N–H and O–H groups in total. The molecule has 1 saturated heterocycles. The van der Waals surface area contributed by atoms with Gasteiger partial charge in [0.2, 0.25) is 0 Å². The van der Waals surface area contributed by atoms with E-state index in [1.807, 2.05) is 58.8 Å². The molecule has 0 aromatic heterocycles. The third-order valence-electron chi connectivity index (χ3n) is 1.05. The highest BCUT2D eigenvalue weighted by atomic mass is 32.3. The highest BCUT2D eigenvalue weighted by Gasteiger charge is 2.23. The van der Waals surface area contributed by atoms with Crippen LogP contribution in [0.2, 0.25) is 0 Å². The van der Waals surface area contributed by atoms with Crippen molar-refractivity contribution in [3.63, 3.8) is 0 Å². The Kier molecular flexibility index (Phi) is 8.04. The van der Waals surface area contributed by atoms with E-state index in [1.165, 1.54) is 5.08 Å². The van der Waals surface area contributed by atoms with Crippen molar-refractivity contribution in [1.29, 1.82) is 0 Å². The normalized spacial score (nSPS) is 30.5. The average molecular weight is 295 g/mol. The smallest absolute Gasteiger partial charge is 0.0991 e. The van der Waals surface area contributed by atoms with Crippen molar-refractivity contribution in [2.45, 2.75) is 7.83 Å². The monoisotopic (exact) mass is 294 g/mol. The minimum Gasteiger partial charge on any atom is -0.168 e. The van der Waals surface area contributed by atoms with E-state index < -0.39 is 0 Å². The van der Waals surface area contributed by atoms with E-state index in [4.69, 9.17) is 0 Å². The summed E-state index contributed by atoms with van der Waals surface area (Å²) in [6.07, 6.45) is 0. The molecule has 2 atom stereocenters. The van der Waals surface area contributed by atoms with Gasteiger partial charge >= 0.3 is 0 Å². The van der Waals surface area contributed by atoms with Crippen molar-refractivity contribution in [3.8, 4) is 0 Å². The van der Waals surface area contributed by atoms with E-state index in [0.29, 0.717) is 7.83 Å². The lowest BCUT2D eigenvalue weighted by molar-refractivity contribution is 1.86. The van der Waals surface area contributed by atoms with Crippen molar-refractivity contribution in [1.82, 2.24) is 0 Å². The van der Waals surface area contributed by atoms with Crippen molar-refractivity contribution < 1.29 is 0 Å². The molecule has 12 heavy (non-hydrogen) atoms. The standard InChI is InChI=1S/C5H10S7/c6-1-8-4-10-3-11-5(12-4)9-2-7/h4-7H,1-3H2. The van der Waals surface area contributed by atoms with Crippen LogP contribution in [-0.2, 0) is 0 Å². The Hall–Kier alpha value is 2.45. The summed E-state index contributed by atoms with van der Waals surface area (Å²) >= 11 is 18.4. The molecule has 2 unspecified atom stereocenters. The van der Waals surface area contributed by atoms with Gasteiger partial charge in [-0.1, -0.05) is 0 Å². The van der Waals surface area contributed by atoms with Crippen molar-refractivity contribution in [2.24, 2.45) is 0 Å². The maximum absolute atomic E-state index is 4.22. The Bertz CT molecular complexity index is 102. The predicted molar refractivity (Wildman–Crippen MR) is 78.1 cm³/mol. The van der Waals surface area contributed by atoms with E-state index in [9.17, 15) is 0 Å². The van der Waals surface area contributed by atoms with Crippen LogP contribution in [0.1, 0.15) is 0 Å². The van der Waals surface area contributed by atoms with Crippen LogP contribution < -0.4 is 0 Å². The fraction of sp³-hybridized carbons (Fsp3) is 1.00. The van der Waals surface area contributed by atoms with Gasteiger partial charge in [-0.2, -0.15) is 25.3 Å². The highest BCUT2D eigenvalue weighted by Crippen LogP contribution is 2.50. The van der Waals surface area contributed by atoms with Crippen molar-refractivity contribution in [3.05, 3.63) is 0 Å². The van der Waals surface area contributed by atoms with Crippen LogP contribution in [0.5, 0.6) is 0 Å². The van der Waals surface area contributed by atoms with Crippen LogP contribution in [0.3, 0.4) is 0 Å². The topological polar surface area (TPSA) is 0 Å². The van der Waals surface area contributed by atoms with Crippen molar-refractivity contribution in [2.75, 3.05) is 15.3 Å². The molecule has 1 aliphatic heterocycles. The Labute approximate surface area is 106 Å². The molecule has 0 aliphatic carbocycles. The first-order chi connectivity index (χ1) is 5.86. The van der Waals surface area contributed by atoms with Gasteiger partial charge in [0, 0.05) is 15.3 Å². The SMILES string of the molecule is SCSC1SCSC(SCS)S1. The molecule has 72 valence electrons. The molecule has 1 fully saturated rings. The minimum absolute atomic E-state index is 0.682. The molecule has 0 bridgehead atoms. The predicted octanol–water partition coefficient (Wildman–Crippen LogP) is 3.97. The number of hydrogen-bond donors (Lipinski definition) is 2. The van der Waals surface area contributed by atoms with Gasteiger partial charge in [-0.25, -0.2) is 0 Å². The minimum atomic E-state index is 0.682. The van der Waals surface area contributed by atoms with E-state index in [1.54, 1.807) is 0 Å². The maximum atomic E-state index is 4.22. The summed E-state index contributed by atoms with van der Waals surface area (Å²) in [6, 6.07) is 0. The van der Waals surface area contributed by atoms with Gasteiger partial charge in [0.05, 0.1) is 7.83 Å². The summed E-state index contributed by atoms with van der Waals surface area (Å²) in [5.74, 6) is 0. The zero-order valence-corrected chi connectivity index (χ0v) is 12.1. The summed E-state index contributed by atoms with van der Waals surface area (Å²) in [5, 5.41) is 3.06. The average Bonchev–Trinajstić information content (AvgIpc) is 2.06. The molecular formula is C5H10S7. The third-order valence-corrected chi connectivity index (χ3v) is 9.47. The van der Waals surface area contributed by atoms with Gasteiger partial charge in [-0.3, -0.25) is 0 Å².